The SMILES string of the molecule is O=C[C@H](O)[C@H](O)COP(=O)(OC[C@@H](O)[C@@H](O)C=O)OC[C@@H](O)[C@@H](O)C=O. The lowest BCUT2D eigenvalue weighted by molar-refractivity contribution is -0.122. The van der Waals surface area contributed by atoms with Gasteiger partial charge >= 0.3 is 7.82 Å². The van der Waals surface area contributed by atoms with Crippen LogP contribution in [0.1, 0.15) is 0 Å². The van der Waals surface area contributed by atoms with E-state index >= 15 is 0 Å². The molecule has 0 rings (SSSR count). The van der Waals surface area contributed by atoms with Crippen molar-refractivity contribution in [2.24, 2.45) is 0 Å². The average molecular weight is 404 g/mol. The molecule has 0 aromatic rings. The maximum Gasteiger partial charge on any atom is 0.475 e. The molecule has 0 aromatic carbocycles. The second-order valence-electron chi connectivity index (χ2n) is 4.92. The van der Waals surface area contributed by atoms with Crippen LogP contribution in [-0.2, 0) is 32.5 Å². The molecular formula is C12H21O13P. The molecule has 0 heterocycles. The summed E-state index contributed by atoms with van der Waals surface area (Å²) >= 11 is 0. The van der Waals surface area contributed by atoms with Gasteiger partial charge in [-0.2, -0.15) is 0 Å². The molecule has 0 unspecified atom stereocenters. The van der Waals surface area contributed by atoms with Crippen molar-refractivity contribution in [2.45, 2.75) is 36.6 Å². The highest BCUT2D eigenvalue weighted by molar-refractivity contribution is 7.48. The lowest BCUT2D eigenvalue weighted by Crippen LogP contribution is -2.34. The number of carbonyl (C=O) groups excluding carboxylic acids is 3. The van der Waals surface area contributed by atoms with Crippen molar-refractivity contribution in [3.05, 3.63) is 0 Å². The zero-order chi connectivity index (χ0) is 20.3. The third kappa shape index (κ3) is 9.00. The molecule has 0 spiro atoms. The molecule has 0 bridgehead atoms. The summed E-state index contributed by atoms with van der Waals surface area (Å²) in [6.07, 6.45) is -11.2. The third-order valence-electron chi connectivity index (χ3n) is 2.81. The first-order valence-electron chi connectivity index (χ1n) is 7.08. The Balaban J connectivity index is 4.94. The smallest absolute Gasteiger partial charge is 0.388 e. The van der Waals surface area contributed by atoms with Crippen LogP contribution >= 0.6 is 7.82 Å². The molecular weight excluding hydrogens is 383 g/mol. The number of aliphatic hydroxyl groups excluding tert-OH is 6. The second-order valence-corrected chi connectivity index (χ2v) is 6.59. The normalized spacial score (nSPS) is 19.0. The molecule has 0 aliphatic rings. The summed E-state index contributed by atoms with van der Waals surface area (Å²) < 4.78 is 26.2. The molecule has 0 fully saturated rings. The summed E-state index contributed by atoms with van der Waals surface area (Å²) in [5.41, 5.74) is 0. The van der Waals surface area contributed by atoms with E-state index in [0.29, 0.717) is 0 Å². The van der Waals surface area contributed by atoms with E-state index in [0.717, 1.165) is 0 Å². The number of hydrogen-bond donors (Lipinski definition) is 6. The standard InChI is InChI=1S/C12H21O13P/c13-1-7(16)10(19)4-23-26(22,24-5-11(20)8(17)2-14)25-6-12(21)9(18)3-15/h1-3,7-12,16-21H,4-6H2/t7-,8-,9-,10+,11+,12+/m0/s1. The van der Waals surface area contributed by atoms with Gasteiger partial charge in [0, 0.05) is 0 Å². The van der Waals surface area contributed by atoms with E-state index in [1.54, 1.807) is 0 Å². The van der Waals surface area contributed by atoms with Gasteiger partial charge < -0.3 is 45.0 Å². The molecule has 26 heavy (non-hydrogen) atoms. The molecule has 13 nitrogen and oxygen atoms in total. The van der Waals surface area contributed by atoms with E-state index in [2.05, 4.69) is 13.6 Å². The summed E-state index contributed by atoms with van der Waals surface area (Å²) in [5.74, 6) is 0. The van der Waals surface area contributed by atoms with Gasteiger partial charge in [0.2, 0.25) is 0 Å². The lowest BCUT2D eigenvalue weighted by atomic mass is 10.2. The van der Waals surface area contributed by atoms with Gasteiger partial charge in [0.1, 0.15) is 36.6 Å². The molecule has 0 aliphatic heterocycles. The van der Waals surface area contributed by atoms with Crippen LogP contribution in [-0.4, -0.2) is 106 Å². The minimum absolute atomic E-state index is 0.0327. The van der Waals surface area contributed by atoms with E-state index in [4.69, 9.17) is 15.3 Å². The minimum Gasteiger partial charge on any atom is -0.388 e. The first-order chi connectivity index (χ1) is 12.1. The summed E-state index contributed by atoms with van der Waals surface area (Å²) in [6.45, 7) is -2.85. The largest absolute Gasteiger partial charge is 0.475 e. The molecule has 0 radical (unpaired) electrons. The van der Waals surface area contributed by atoms with Crippen molar-refractivity contribution in [1.29, 1.82) is 0 Å². The summed E-state index contributed by atoms with van der Waals surface area (Å²) in [4.78, 5) is 31.0. The third-order valence-corrected chi connectivity index (χ3v) is 4.21. The van der Waals surface area contributed by atoms with Crippen molar-refractivity contribution < 1.29 is 63.2 Å². The highest BCUT2D eigenvalue weighted by atomic mass is 31.2. The topological polar surface area (TPSA) is 217 Å². The van der Waals surface area contributed by atoms with Crippen LogP contribution in [0.15, 0.2) is 0 Å². The predicted molar refractivity (Wildman–Crippen MR) is 79.7 cm³/mol. The van der Waals surface area contributed by atoms with Crippen molar-refractivity contribution in [2.75, 3.05) is 19.8 Å². The first kappa shape index (κ1) is 24.9. The Kier molecular flexibility index (Phi) is 11.8. The Hall–Kier alpha value is -1.12. The maximum absolute atomic E-state index is 12.3. The van der Waals surface area contributed by atoms with Crippen molar-refractivity contribution in [3.8, 4) is 0 Å². The number of aliphatic hydroxyl groups is 6. The number of rotatable bonds is 15. The van der Waals surface area contributed by atoms with Gasteiger partial charge in [-0.1, -0.05) is 0 Å². The van der Waals surface area contributed by atoms with Gasteiger partial charge in [0.15, 0.2) is 18.9 Å². The van der Waals surface area contributed by atoms with E-state index < -0.39 is 64.3 Å². The van der Waals surface area contributed by atoms with E-state index in [9.17, 15) is 34.3 Å². The number of hydrogen-bond acceptors (Lipinski definition) is 13. The molecule has 0 aliphatic carbocycles. The molecule has 0 aromatic heterocycles. The van der Waals surface area contributed by atoms with Crippen molar-refractivity contribution in [1.82, 2.24) is 0 Å². The van der Waals surface area contributed by atoms with Crippen LogP contribution in [0.2, 0.25) is 0 Å². The molecule has 6 atom stereocenters. The maximum atomic E-state index is 12.3. The van der Waals surface area contributed by atoms with Crippen LogP contribution in [0.25, 0.3) is 0 Å². The minimum atomic E-state index is -4.69. The van der Waals surface area contributed by atoms with Crippen molar-refractivity contribution >= 4 is 26.7 Å². The Bertz CT molecular complexity index is 419. The number of carbonyl (C=O) groups is 3. The van der Waals surface area contributed by atoms with Crippen molar-refractivity contribution in [3.63, 3.8) is 0 Å². The van der Waals surface area contributed by atoms with Gasteiger partial charge in [-0.05, 0) is 0 Å². The molecule has 6 N–H and O–H groups in total. The fourth-order valence-corrected chi connectivity index (χ4v) is 2.41. The monoisotopic (exact) mass is 404 g/mol. The Morgan fingerprint density at radius 3 is 1.04 bits per heavy atom. The summed E-state index contributed by atoms with van der Waals surface area (Å²) in [5, 5.41) is 55.4. The van der Waals surface area contributed by atoms with Crippen LogP contribution in [0, 0.1) is 0 Å². The van der Waals surface area contributed by atoms with E-state index in [1.165, 1.54) is 0 Å². The van der Waals surface area contributed by atoms with Gasteiger partial charge in [0.25, 0.3) is 0 Å². The second kappa shape index (κ2) is 12.3. The number of phosphoric ester groups is 1. The molecule has 0 amide bonds. The van der Waals surface area contributed by atoms with Crippen LogP contribution in [0.4, 0.5) is 0 Å². The highest BCUT2D eigenvalue weighted by Crippen LogP contribution is 2.49. The zero-order valence-corrected chi connectivity index (χ0v) is 14.2. The Morgan fingerprint density at radius 1 is 0.615 bits per heavy atom. The van der Waals surface area contributed by atoms with E-state index in [1.807, 2.05) is 0 Å². The average Bonchev–Trinajstić information content (AvgIpc) is 2.66. The van der Waals surface area contributed by atoms with E-state index in [-0.39, 0.29) is 18.9 Å². The van der Waals surface area contributed by atoms with Gasteiger partial charge in [-0.15, -0.1) is 0 Å². The fraction of sp³-hybridized carbons (Fsp3) is 0.750. The van der Waals surface area contributed by atoms with Gasteiger partial charge in [0.05, 0.1) is 19.8 Å². The Morgan fingerprint density at radius 2 is 0.846 bits per heavy atom. The zero-order valence-electron chi connectivity index (χ0n) is 13.3. The summed E-state index contributed by atoms with van der Waals surface area (Å²) in [6, 6.07) is 0. The Labute approximate surface area is 147 Å². The summed E-state index contributed by atoms with van der Waals surface area (Å²) in [7, 11) is -4.69. The molecule has 152 valence electrons. The van der Waals surface area contributed by atoms with Crippen LogP contribution in [0.5, 0.6) is 0 Å². The molecule has 0 saturated carbocycles. The number of aldehydes is 3. The fourth-order valence-electron chi connectivity index (χ4n) is 1.18. The van der Waals surface area contributed by atoms with Gasteiger partial charge in [-0.3, -0.25) is 13.6 Å². The van der Waals surface area contributed by atoms with Crippen LogP contribution in [0.3, 0.4) is 0 Å². The predicted octanol–water partition coefficient (Wildman–Crippen LogP) is -4.09. The number of phosphoric acid groups is 1. The highest BCUT2D eigenvalue weighted by Gasteiger charge is 2.33. The molecule has 14 heteroatoms. The van der Waals surface area contributed by atoms with Crippen LogP contribution < -0.4 is 0 Å². The molecule has 0 saturated heterocycles. The van der Waals surface area contributed by atoms with Gasteiger partial charge in [-0.25, -0.2) is 4.57 Å². The lowest BCUT2D eigenvalue weighted by Gasteiger charge is -2.23. The first-order valence-corrected chi connectivity index (χ1v) is 8.54. The quantitative estimate of drug-likeness (QED) is 0.113.